The van der Waals surface area contributed by atoms with E-state index in [0.717, 1.165) is 30.2 Å². The standard InChI is InChI=1S/C21H21F2NO5/c1-27-13-8-9-18(28-2)14(11-13)17-7-4-10-24(17)19(25)12-29-21(26)20-15(22)5-3-6-16(20)23/h3,5-6,8-9,11,17H,4,7,10,12H2,1-2H3/t17-/m0/s1. The number of hydrogen-bond donors (Lipinski definition) is 0. The second-order valence-electron chi connectivity index (χ2n) is 6.53. The first kappa shape index (κ1) is 20.6. The van der Waals surface area contributed by atoms with Crippen LogP contribution in [0.4, 0.5) is 8.78 Å². The predicted molar refractivity (Wildman–Crippen MR) is 99.9 cm³/mol. The fraction of sp³-hybridized carbons (Fsp3) is 0.333. The maximum absolute atomic E-state index is 13.7. The summed E-state index contributed by atoms with van der Waals surface area (Å²) < 4.78 is 43.0. The van der Waals surface area contributed by atoms with E-state index in [1.807, 2.05) is 0 Å². The van der Waals surface area contributed by atoms with Crippen molar-refractivity contribution >= 4 is 11.9 Å². The first-order chi connectivity index (χ1) is 14.0. The van der Waals surface area contributed by atoms with E-state index < -0.39 is 35.7 Å². The molecule has 0 radical (unpaired) electrons. The quantitative estimate of drug-likeness (QED) is 0.689. The SMILES string of the molecule is COc1ccc(OC)c([C@@H]2CCCN2C(=O)COC(=O)c2c(F)cccc2F)c1. The molecule has 1 fully saturated rings. The Bertz CT molecular complexity index is 898. The molecule has 0 aliphatic carbocycles. The Hall–Kier alpha value is -3.16. The summed E-state index contributed by atoms with van der Waals surface area (Å²) >= 11 is 0. The van der Waals surface area contributed by atoms with E-state index in [-0.39, 0.29) is 6.04 Å². The van der Waals surface area contributed by atoms with Crippen molar-refractivity contribution in [3.63, 3.8) is 0 Å². The Morgan fingerprint density at radius 1 is 1.10 bits per heavy atom. The number of carbonyl (C=O) groups excluding carboxylic acids is 2. The number of nitrogens with zero attached hydrogens (tertiary/aromatic N) is 1. The highest BCUT2D eigenvalue weighted by molar-refractivity contribution is 5.92. The Labute approximate surface area is 167 Å². The van der Waals surface area contributed by atoms with Crippen LogP contribution in [-0.2, 0) is 9.53 Å². The van der Waals surface area contributed by atoms with Crippen molar-refractivity contribution in [3.8, 4) is 11.5 Å². The fourth-order valence-electron chi connectivity index (χ4n) is 3.46. The third-order valence-corrected chi connectivity index (χ3v) is 4.86. The zero-order valence-corrected chi connectivity index (χ0v) is 16.1. The molecule has 8 heteroatoms. The molecule has 1 aliphatic rings. The van der Waals surface area contributed by atoms with E-state index in [1.165, 1.54) is 7.11 Å². The van der Waals surface area contributed by atoms with Crippen LogP contribution in [0.3, 0.4) is 0 Å². The lowest BCUT2D eigenvalue weighted by molar-refractivity contribution is -0.135. The average Bonchev–Trinajstić information content (AvgIpc) is 3.21. The third-order valence-electron chi connectivity index (χ3n) is 4.86. The zero-order valence-electron chi connectivity index (χ0n) is 16.1. The molecule has 0 saturated carbocycles. The summed E-state index contributed by atoms with van der Waals surface area (Å²) in [5.41, 5.74) is -0.0306. The molecule has 0 spiro atoms. The van der Waals surface area contributed by atoms with Crippen LogP contribution in [0.1, 0.15) is 34.8 Å². The highest BCUT2D eigenvalue weighted by atomic mass is 19.1. The van der Waals surface area contributed by atoms with E-state index in [1.54, 1.807) is 30.2 Å². The van der Waals surface area contributed by atoms with Crippen molar-refractivity contribution in [2.24, 2.45) is 0 Å². The van der Waals surface area contributed by atoms with Gasteiger partial charge in [-0.3, -0.25) is 4.79 Å². The van der Waals surface area contributed by atoms with Gasteiger partial charge in [-0.15, -0.1) is 0 Å². The summed E-state index contributed by atoms with van der Waals surface area (Å²) in [7, 11) is 3.08. The van der Waals surface area contributed by atoms with Crippen LogP contribution in [0.5, 0.6) is 11.5 Å². The number of halogens is 2. The highest BCUT2D eigenvalue weighted by Gasteiger charge is 2.33. The van der Waals surface area contributed by atoms with Crippen LogP contribution in [0.15, 0.2) is 36.4 Å². The molecule has 2 aromatic carbocycles. The molecule has 6 nitrogen and oxygen atoms in total. The molecule has 0 unspecified atom stereocenters. The van der Waals surface area contributed by atoms with Crippen molar-refractivity contribution in [1.29, 1.82) is 0 Å². The maximum atomic E-state index is 13.7. The molecule has 0 N–H and O–H groups in total. The summed E-state index contributed by atoms with van der Waals surface area (Å²) in [5, 5.41) is 0. The van der Waals surface area contributed by atoms with Gasteiger partial charge >= 0.3 is 5.97 Å². The van der Waals surface area contributed by atoms with Crippen molar-refractivity contribution in [3.05, 3.63) is 59.2 Å². The third kappa shape index (κ3) is 4.31. The molecule has 0 aromatic heterocycles. The predicted octanol–water partition coefficient (Wildman–Crippen LogP) is 3.50. The van der Waals surface area contributed by atoms with Crippen LogP contribution in [0.25, 0.3) is 0 Å². The monoisotopic (exact) mass is 405 g/mol. The first-order valence-electron chi connectivity index (χ1n) is 9.08. The van der Waals surface area contributed by atoms with Gasteiger partial charge in [0.15, 0.2) is 6.61 Å². The number of benzene rings is 2. The number of likely N-dealkylation sites (tertiary alicyclic amines) is 1. The topological polar surface area (TPSA) is 65.1 Å². The summed E-state index contributed by atoms with van der Waals surface area (Å²) in [4.78, 5) is 26.3. The molecular weight excluding hydrogens is 384 g/mol. The van der Waals surface area contributed by atoms with E-state index in [2.05, 4.69) is 0 Å². The molecule has 3 rings (SSSR count). The maximum Gasteiger partial charge on any atom is 0.344 e. The summed E-state index contributed by atoms with van der Waals surface area (Å²) in [6.45, 7) is -0.148. The van der Waals surface area contributed by atoms with Crippen LogP contribution in [0.2, 0.25) is 0 Å². The number of esters is 1. The molecule has 1 heterocycles. The van der Waals surface area contributed by atoms with E-state index >= 15 is 0 Å². The van der Waals surface area contributed by atoms with Crippen molar-refractivity contribution in [2.75, 3.05) is 27.4 Å². The van der Waals surface area contributed by atoms with Gasteiger partial charge in [-0.05, 0) is 43.2 Å². The first-order valence-corrected chi connectivity index (χ1v) is 9.08. The second kappa shape index (κ2) is 8.89. The Kier molecular flexibility index (Phi) is 6.31. The molecule has 0 bridgehead atoms. The lowest BCUT2D eigenvalue weighted by atomic mass is 10.0. The van der Waals surface area contributed by atoms with Crippen molar-refractivity contribution in [2.45, 2.75) is 18.9 Å². The number of methoxy groups -OCH3 is 2. The second-order valence-corrected chi connectivity index (χ2v) is 6.53. The normalized spacial score (nSPS) is 15.9. The zero-order chi connectivity index (χ0) is 21.0. The number of ether oxygens (including phenoxy) is 3. The smallest absolute Gasteiger partial charge is 0.344 e. The van der Waals surface area contributed by atoms with E-state index in [0.29, 0.717) is 24.5 Å². The minimum Gasteiger partial charge on any atom is -0.497 e. The highest BCUT2D eigenvalue weighted by Crippen LogP contribution is 2.38. The van der Waals surface area contributed by atoms with Crippen LogP contribution >= 0.6 is 0 Å². The van der Waals surface area contributed by atoms with Gasteiger partial charge in [0.2, 0.25) is 0 Å². The summed E-state index contributed by atoms with van der Waals surface area (Å²) in [6.07, 6.45) is 1.46. The number of carbonyl (C=O) groups is 2. The van der Waals surface area contributed by atoms with Crippen LogP contribution < -0.4 is 9.47 Å². The van der Waals surface area contributed by atoms with Gasteiger partial charge in [0.05, 0.1) is 20.3 Å². The molecule has 1 amide bonds. The Balaban J connectivity index is 1.73. The van der Waals surface area contributed by atoms with Crippen LogP contribution in [0, 0.1) is 11.6 Å². The number of rotatable bonds is 6. The lowest BCUT2D eigenvalue weighted by Gasteiger charge is -2.26. The van der Waals surface area contributed by atoms with Gasteiger partial charge in [-0.25, -0.2) is 13.6 Å². The largest absolute Gasteiger partial charge is 0.497 e. The summed E-state index contributed by atoms with van der Waals surface area (Å²) in [6, 6.07) is 8.08. The van der Waals surface area contributed by atoms with Gasteiger partial charge in [0.1, 0.15) is 28.7 Å². The molecule has 1 aliphatic heterocycles. The molecule has 154 valence electrons. The van der Waals surface area contributed by atoms with Gasteiger partial charge in [0, 0.05) is 12.1 Å². The fourth-order valence-corrected chi connectivity index (χ4v) is 3.46. The van der Waals surface area contributed by atoms with E-state index in [4.69, 9.17) is 14.2 Å². The van der Waals surface area contributed by atoms with Gasteiger partial charge < -0.3 is 19.1 Å². The molecule has 2 aromatic rings. The van der Waals surface area contributed by atoms with Gasteiger partial charge in [0.25, 0.3) is 5.91 Å². The van der Waals surface area contributed by atoms with Crippen molar-refractivity contribution < 1.29 is 32.6 Å². The van der Waals surface area contributed by atoms with Crippen molar-refractivity contribution in [1.82, 2.24) is 4.90 Å². The van der Waals surface area contributed by atoms with Crippen LogP contribution in [-0.4, -0.2) is 44.1 Å². The minimum atomic E-state index is -1.22. The molecule has 1 atom stereocenters. The summed E-state index contributed by atoms with van der Waals surface area (Å²) in [5.74, 6) is -2.51. The Morgan fingerprint density at radius 2 is 1.83 bits per heavy atom. The molecule has 29 heavy (non-hydrogen) atoms. The lowest BCUT2D eigenvalue weighted by Crippen LogP contribution is -2.34. The number of hydrogen-bond acceptors (Lipinski definition) is 5. The number of amides is 1. The van der Waals surface area contributed by atoms with Gasteiger partial charge in [-0.1, -0.05) is 6.07 Å². The van der Waals surface area contributed by atoms with Gasteiger partial charge in [-0.2, -0.15) is 0 Å². The Morgan fingerprint density at radius 3 is 2.48 bits per heavy atom. The molecular formula is C21H21F2NO5. The average molecular weight is 405 g/mol. The van der Waals surface area contributed by atoms with E-state index in [9.17, 15) is 18.4 Å². The molecule has 1 saturated heterocycles. The minimum absolute atomic E-state index is 0.281.